The maximum atomic E-state index is 5.88. The first-order valence-corrected chi connectivity index (χ1v) is 9.50. The third-order valence-electron chi connectivity index (χ3n) is 4.25. The van der Waals surface area contributed by atoms with Gasteiger partial charge in [0.05, 0.1) is 6.54 Å². The summed E-state index contributed by atoms with van der Waals surface area (Å²) in [4.78, 5) is 6.77. The highest BCUT2D eigenvalue weighted by Gasteiger charge is 2.09. The molecule has 0 bridgehead atoms. The largest absolute Gasteiger partial charge is 0.489 e. The van der Waals surface area contributed by atoms with E-state index in [-0.39, 0.29) is 6.10 Å². The van der Waals surface area contributed by atoms with E-state index in [0.717, 1.165) is 37.8 Å². The summed E-state index contributed by atoms with van der Waals surface area (Å²) in [5.74, 6) is 1.73. The molecule has 1 aromatic carbocycles. The van der Waals surface area contributed by atoms with Gasteiger partial charge in [0, 0.05) is 13.1 Å². The molecule has 0 aliphatic rings. The molecule has 25 heavy (non-hydrogen) atoms. The van der Waals surface area contributed by atoms with Gasteiger partial charge in [-0.15, -0.1) is 0 Å². The van der Waals surface area contributed by atoms with E-state index in [1.54, 1.807) is 7.05 Å². The molecule has 5 nitrogen and oxygen atoms in total. The van der Waals surface area contributed by atoms with E-state index in [4.69, 9.17) is 4.74 Å². The summed E-state index contributed by atoms with van der Waals surface area (Å²) in [6.45, 7) is 12.8. The highest BCUT2D eigenvalue weighted by Crippen LogP contribution is 2.10. The van der Waals surface area contributed by atoms with E-state index < -0.39 is 0 Å². The fourth-order valence-electron chi connectivity index (χ4n) is 2.67. The Hall–Kier alpha value is -1.75. The highest BCUT2D eigenvalue weighted by atomic mass is 16.5. The van der Waals surface area contributed by atoms with Gasteiger partial charge >= 0.3 is 0 Å². The zero-order valence-corrected chi connectivity index (χ0v) is 16.6. The van der Waals surface area contributed by atoms with Gasteiger partial charge in [-0.05, 0) is 58.5 Å². The van der Waals surface area contributed by atoms with Crippen molar-refractivity contribution in [3.8, 4) is 5.75 Å². The molecule has 1 rings (SSSR count). The molecular weight excluding hydrogens is 312 g/mol. The van der Waals surface area contributed by atoms with Crippen molar-refractivity contribution >= 4 is 5.96 Å². The second-order valence-corrected chi connectivity index (χ2v) is 6.41. The predicted molar refractivity (Wildman–Crippen MR) is 108 cm³/mol. The summed E-state index contributed by atoms with van der Waals surface area (Å²) in [7, 11) is 1.81. The molecule has 1 aromatic rings. The second-order valence-electron chi connectivity index (χ2n) is 6.41. The van der Waals surface area contributed by atoms with Gasteiger partial charge in [0.25, 0.3) is 0 Å². The lowest BCUT2D eigenvalue weighted by Crippen LogP contribution is -2.45. The Balaban J connectivity index is 2.26. The van der Waals surface area contributed by atoms with Crippen molar-refractivity contribution in [2.75, 3.05) is 33.2 Å². The van der Waals surface area contributed by atoms with Crippen molar-refractivity contribution in [3.05, 3.63) is 30.3 Å². The van der Waals surface area contributed by atoms with E-state index in [1.165, 1.54) is 6.42 Å². The standard InChI is InChI=1S/C20H36N4O/c1-6-24(7-2)15-11-12-17(3)23-20(21-5)22-16-18(4)25-19-13-9-8-10-14-19/h8-10,13-14,17-18H,6-7,11-12,15-16H2,1-5H3,(H2,21,22,23). The smallest absolute Gasteiger partial charge is 0.191 e. The molecule has 0 saturated heterocycles. The molecule has 0 aromatic heterocycles. The highest BCUT2D eigenvalue weighted by molar-refractivity contribution is 5.79. The van der Waals surface area contributed by atoms with Crippen molar-refractivity contribution in [2.45, 2.75) is 52.7 Å². The second kappa shape index (κ2) is 12.6. The first-order valence-electron chi connectivity index (χ1n) is 9.50. The molecule has 0 aliphatic heterocycles. The van der Waals surface area contributed by atoms with E-state index >= 15 is 0 Å². The summed E-state index contributed by atoms with van der Waals surface area (Å²) in [6, 6.07) is 10.3. The first kappa shape index (κ1) is 21.3. The minimum Gasteiger partial charge on any atom is -0.489 e. The number of guanidine groups is 1. The number of nitrogens with one attached hydrogen (secondary N) is 2. The number of rotatable bonds is 11. The predicted octanol–water partition coefficient (Wildman–Crippen LogP) is 3.13. The van der Waals surface area contributed by atoms with Gasteiger partial charge in [0.15, 0.2) is 5.96 Å². The van der Waals surface area contributed by atoms with Gasteiger partial charge < -0.3 is 20.3 Å². The topological polar surface area (TPSA) is 48.9 Å². The normalized spacial score (nSPS) is 14.2. The lowest BCUT2D eigenvalue weighted by Gasteiger charge is -2.22. The SMILES string of the molecule is CCN(CC)CCCC(C)NC(=NC)NCC(C)Oc1ccccc1. The summed E-state index contributed by atoms with van der Waals surface area (Å²) in [5.41, 5.74) is 0. The molecule has 0 spiro atoms. The lowest BCUT2D eigenvalue weighted by molar-refractivity contribution is 0.223. The number of para-hydroxylation sites is 1. The lowest BCUT2D eigenvalue weighted by atomic mass is 10.2. The van der Waals surface area contributed by atoms with Crippen molar-refractivity contribution in [2.24, 2.45) is 4.99 Å². The molecule has 2 N–H and O–H groups in total. The van der Waals surface area contributed by atoms with Crippen LogP contribution in [0.2, 0.25) is 0 Å². The van der Waals surface area contributed by atoms with Crippen LogP contribution in [-0.4, -0.2) is 56.2 Å². The van der Waals surface area contributed by atoms with Gasteiger partial charge in [0.2, 0.25) is 0 Å². The fraction of sp³-hybridized carbons (Fsp3) is 0.650. The van der Waals surface area contributed by atoms with Crippen molar-refractivity contribution in [3.63, 3.8) is 0 Å². The van der Waals surface area contributed by atoms with Gasteiger partial charge in [-0.25, -0.2) is 0 Å². The van der Waals surface area contributed by atoms with E-state index in [0.29, 0.717) is 12.6 Å². The molecule has 0 amide bonds. The average molecular weight is 349 g/mol. The third-order valence-corrected chi connectivity index (χ3v) is 4.25. The molecule has 2 unspecified atom stereocenters. The number of ether oxygens (including phenoxy) is 1. The van der Waals surface area contributed by atoms with Gasteiger partial charge in [0.1, 0.15) is 11.9 Å². The zero-order chi connectivity index (χ0) is 18.5. The van der Waals surface area contributed by atoms with Crippen LogP contribution in [0.1, 0.15) is 40.5 Å². The number of aliphatic imine (C=N–C) groups is 1. The van der Waals surface area contributed by atoms with E-state index in [2.05, 4.69) is 48.2 Å². The summed E-state index contributed by atoms with van der Waals surface area (Å²) in [5, 5.41) is 6.81. The molecule has 0 aliphatic carbocycles. The zero-order valence-electron chi connectivity index (χ0n) is 16.6. The number of nitrogens with zero attached hydrogens (tertiary/aromatic N) is 2. The van der Waals surface area contributed by atoms with Crippen LogP contribution in [0, 0.1) is 0 Å². The molecule has 0 fully saturated rings. The first-order chi connectivity index (χ1) is 12.1. The van der Waals surface area contributed by atoms with Crippen LogP contribution >= 0.6 is 0 Å². The van der Waals surface area contributed by atoms with E-state index in [9.17, 15) is 0 Å². The number of benzene rings is 1. The Morgan fingerprint density at radius 1 is 1.16 bits per heavy atom. The molecule has 0 saturated carbocycles. The Kier molecular flexibility index (Phi) is 10.7. The summed E-state index contributed by atoms with van der Waals surface area (Å²) in [6.07, 6.45) is 2.40. The van der Waals surface area contributed by atoms with Crippen LogP contribution in [0.4, 0.5) is 0 Å². The molecular formula is C20H36N4O. The minimum atomic E-state index is 0.0684. The average Bonchev–Trinajstić information content (AvgIpc) is 2.63. The Labute approximate surface area is 153 Å². The van der Waals surface area contributed by atoms with Crippen LogP contribution in [0.3, 0.4) is 0 Å². The number of hydrogen-bond acceptors (Lipinski definition) is 3. The Bertz CT molecular complexity index is 474. The fourth-order valence-corrected chi connectivity index (χ4v) is 2.67. The van der Waals surface area contributed by atoms with Crippen LogP contribution in [0.5, 0.6) is 5.75 Å². The summed E-state index contributed by atoms with van der Waals surface area (Å²) >= 11 is 0. The van der Waals surface area contributed by atoms with Crippen molar-refractivity contribution in [1.29, 1.82) is 0 Å². The summed E-state index contributed by atoms with van der Waals surface area (Å²) < 4.78 is 5.88. The van der Waals surface area contributed by atoms with Crippen LogP contribution in [0.15, 0.2) is 35.3 Å². The van der Waals surface area contributed by atoms with Gasteiger partial charge in [-0.3, -0.25) is 4.99 Å². The maximum absolute atomic E-state index is 5.88. The quantitative estimate of drug-likeness (QED) is 0.476. The van der Waals surface area contributed by atoms with Crippen LogP contribution < -0.4 is 15.4 Å². The number of hydrogen-bond donors (Lipinski definition) is 2. The van der Waals surface area contributed by atoms with Gasteiger partial charge in [-0.2, -0.15) is 0 Å². The molecule has 0 radical (unpaired) electrons. The van der Waals surface area contributed by atoms with E-state index in [1.807, 2.05) is 30.3 Å². The van der Waals surface area contributed by atoms with Gasteiger partial charge in [-0.1, -0.05) is 32.0 Å². The minimum absolute atomic E-state index is 0.0684. The Morgan fingerprint density at radius 2 is 1.84 bits per heavy atom. The molecule has 5 heteroatoms. The molecule has 2 atom stereocenters. The molecule has 142 valence electrons. The monoisotopic (exact) mass is 348 g/mol. The Morgan fingerprint density at radius 3 is 2.44 bits per heavy atom. The molecule has 0 heterocycles. The van der Waals surface area contributed by atoms with Crippen molar-refractivity contribution in [1.82, 2.24) is 15.5 Å². The maximum Gasteiger partial charge on any atom is 0.191 e. The van der Waals surface area contributed by atoms with Crippen LogP contribution in [0.25, 0.3) is 0 Å². The third kappa shape index (κ3) is 9.34. The van der Waals surface area contributed by atoms with Crippen molar-refractivity contribution < 1.29 is 4.74 Å². The van der Waals surface area contributed by atoms with Crippen LogP contribution in [-0.2, 0) is 0 Å².